The van der Waals surface area contributed by atoms with Gasteiger partial charge in [0.2, 0.25) is 0 Å². The van der Waals surface area contributed by atoms with Gasteiger partial charge >= 0.3 is 83.6 Å². The van der Waals surface area contributed by atoms with Crippen molar-refractivity contribution in [3.8, 4) is 0 Å². The highest BCUT2D eigenvalue weighted by Gasteiger charge is 2.42. The zero-order chi connectivity index (χ0) is 82.3. The van der Waals surface area contributed by atoms with Gasteiger partial charge in [0.15, 0.2) is 0 Å². The van der Waals surface area contributed by atoms with Crippen molar-refractivity contribution in [2.75, 3.05) is 159 Å². The molecule has 0 aliphatic carbocycles. The van der Waals surface area contributed by atoms with E-state index in [0.717, 1.165) is 85.1 Å². The molecule has 0 aromatic carbocycles. The first-order chi connectivity index (χ1) is 51.4. The smallest absolute Gasteiger partial charge is 0.330 e. The molecule has 592 valence electrons. The van der Waals surface area contributed by atoms with Crippen LogP contribution in [-0.2, 0) is 157 Å². The summed E-state index contributed by atoms with van der Waals surface area (Å²) >= 11 is 0. The summed E-state index contributed by atoms with van der Waals surface area (Å²) < 4.78 is 107. The van der Waals surface area contributed by atoms with E-state index in [2.05, 4.69) is 92.1 Å². The molecule has 0 heterocycles. The van der Waals surface area contributed by atoms with Gasteiger partial charge in [0.05, 0.1) is 87.7 Å². The Morgan fingerprint density at radius 3 is 0.542 bits per heavy atom. The average molecular weight is 1520 g/mol. The molecule has 33 nitrogen and oxygen atoms in total. The summed E-state index contributed by atoms with van der Waals surface area (Å²) in [4.78, 5) is 162. The van der Waals surface area contributed by atoms with Crippen LogP contribution < -0.4 is 0 Å². The monoisotopic (exact) mass is 1520 g/mol. The Hall–Kier alpha value is -11.3. The maximum atomic E-state index is 11.8. The molecule has 0 saturated carbocycles. The summed E-state index contributed by atoms with van der Waals surface area (Å²) in [6.07, 6.45) is 13.8. The van der Waals surface area contributed by atoms with E-state index >= 15 is 0 Å². The van der Waals surface area contributed by atoms with Crippen LogP contribution in [0.3, 0.4) is 0 Å². The summed E-state index contributed by atoms with van der Waals surface area (Å²) in [5.74, 6) is -10.5. The predicted octanol–water partition coefficient (Wildman–Crippen LogP) is 4.61. The number of ether oxygens (including phenoxy) is 19. The fourth-order valence-corrected chi connectivity index (χ4v) is 7.04. The van der Waals surface area contributed by atoms with Crippen molar-refractivity contribution in [1.82, 2.24) is 0 Å². The summed E-state index contributed by atoms with van der Waals surface area (Å²) in [6.45, 7) is 43.2. The second kappa shape index (κ2) is 59.0. The Kier molecular flexibility index (Phi) is 54.0. The van der Waals surface area contributed by atoms with E-state index in [9.17, 15) is 67.1 Å². The minimum Gasteiger partial charge on any atom is -0.462 e. The van der Waals surface area contributed by atoms with E-state index in [4.69, 9.17) is 91.4 Å². The van der Waals surface area contributed by atoms with Crippen LogP contribution in [0.5, 0.6) is 0 Å². The van der Waals surface area contributed by atoms with E-state index < -0.39 is 190 Å². The summed E-state index contributed by atoms with van der Waals surface area (Å²) in [5.41, 5.74) is -6.21. The van der Waals surface area contributed by atoms with Crippen LogP contribution in [0, 0.1) is 27.1 Å². The van der Waals surface area contributed by atoms with Crippen molar-refractivity contribution in [1.29, 1.82) is 0 Å². The lowest BCUT2D eigenvalue weighted by Crippen LogP contribution is -2.47. The Balaban J connectivity index is -0.00000155. The van der Waals surface area contributed by atoms with E-state index in [-0.39, 0.29) is 85.9 Å². The molecule has 0 aliphatic rings. The number of carbonyl (C=O) groups is 14. The molecule has 0 aliphatic heterocycles. The van der Waals surface area contributed by atoms with Crippen LogP contribution in [0.4, 0.5) is 0 Å². The van der Waals surface area contributed by atoms with E-state index in [1.165, 1.54) is 0 Å². The quantitative estimate of drug-likeness (QED) is 0.0347. The molecule has 0 aromatic heterocycles. The van der Waals surface area contributed by atoms with Gasteiger partial charge in [-0.1, -0.05) is 106 Å². The van der Waals surface area contributed by atoms with Gasteiger partial charge in [-0.2, -0.15) is 0 Å². The fraction of sp³-hybridized carbons (Fsp3) is 0.432. The van der Waals surface area contributed by atoms with Gasteiger partial charge < -0.3 is 90.0 Å². The lowest BCUT2D eigenvalue weighted by molar-refractivity contribution is -0.171. The van der Waals surface area contributed by atoms with Crippen molar-refractivity contribution in [3.05, 3.63) is 177 Å². The SMILES string of the molecule is C=CC(=O)OCC(COCC(COC(=O)C=C)(COC(=O)C=C)COC(=O)C=C)(COC(=O)C=C)COC(=O)C=C.C=CC(=O)OCCOCC(CC)(COCCOC(=O)C=C)COCCOC(=O)C=C.[2H]CC(COCC(COC(=O)C=C)(COC(=O)C=C)COC(=O)C=C)(COC(=O)C=C)COC(=O)C=C. The van der Waals surface area contributed by atoms with Gasteiger partial charge in [-0.05, 0) is 6.42 Å². The first kappa shape index (κ1) is 97.8. The number of rotatable bonds is 60. The normalized spacial score (nSPS) is 10.8. The van der Waals surface area contributed by atoms with Gasteiger partial charge in [-0.3, -0.25) is 0 Å². The zero-order valence-electron chi connectivity index (χ0n) is 61.3. The van der Waals surface area contributed by atoms with Gasteiger partial charge in [-0.25, -0.2) is 67.1 Å². The van der Waals surface area contributed by atoms with Crippen molar-refractivity contribution in [3.63, 3.8) is 0 Å². The Morgan fingerprint density at radius 1 is 0.215 bits per heavy atom. The molecule has 0 saturated heterocycles. The molecule has 0 bridgehead atoms. The second-order valence-corrected chi connectivity index (χ2v) is 22.0. The van der Waals surface area contributed by atoms with Gasteiger partial charge in [0.1, 0.15) is 92.5 Å². The lowest BCUT2D eigenvalue weighted by Gasteiger charge is -2.35. The van der Waals surface area contributed by atoms with Crippen LogP contribution in [0.15, 0.2) is 177 Å². The van der Waals surface area contributed by atoms with E-state index in [1.54, 1.807) is 0 Å². The lowest BCUT2D eigenvalue weighted by atomic mass is 9.88. The molecule has 0 fully saturated rings. The maximum Gasteiger partial charge on any atom is 0.330 e. The number of carbonyl (C=O) groups excluding carboxylic acids is 14. The fourth-order valence-electron chi connectivity index (χ4n) is 7.04. The highest BCUT2D eigenvalue weighted by atomic mass is 16.6. The number of hydrogen-bond acceptors (Lipinski definition) is 33. The molecule has 0 atom stereocenters. The van der Waals surface area contributed by atoms with Crippen molar-refractivity contribution in [2.45, 2.75) is 20.2 Å². The Bertz CT molecular complexity index is 2730. The van der Waals surface area contributed by atoms with Crippen molar-refractivity contribution < 1.29 is 158 Å². The first-order valence-electron chi connectivity index (χ1n) is 32.4. The average Bonchev–Trinajstić information content (AvgIpc) is 0.479. The molecule has 0 radical (unpaired) electrons. The van der Waals surface area contributed by atoms with Gasteiger partial charge in [-0.15, -0.1) is 0 Å². The number of esters is 14. The third-order valence-corrected chi connectivity index (χ3v) is 13.1. The summed E-state index contributed by atoms with van der Waals surface area (Å²) in [6, 6.07) is 0. The molecular formula is C74H98O33. The van der Waals surface area contributed by atoms with Crippen LogP contribution in [0.25, 0.3) is 0 Å². The highest BCUT2D eigenvalue weighted by molar-refractivity contribution is 5.86. The van der Waals surface area contributed by atoms with Gasteiger partial charge in [0.25, 0.3) is 0 Å². The molecule has 33 heteroatoms. The predicted molar refractivity (Wildman–Crippen MR) is 378 cm³/mol. The molecule has 0 N–H and O–H groups in total. The van der Waals surface area contributed by atoms with Crippen molar-refractivity contribution in [2.24, 2.45) is 27.1 Å². The summed E-state index contributed by atoms with van der Waals surface area (Å²) in [5, 5.41) is 0. The second-order valence-electron chi connectivity index (χ2n) is 22.0. The van der Waals surface area contributed by atoms with Gasteiger partial charge in [0, 0.05) is 91.9 Å². The Morgan fingerprint density at radius 2 is 0.374 bits per heavy atom. The zero-order valence-corrected chi connectivity index (χ0v) is 60.3. The van der Waals surface area contributed by atoms with Crippen LogP contribution >= 0.6 is 0 Å². The number of hydrogen-bond donors (Lipinski definition) is 0. The molecule has 0 amide bonds. The molecule has 0 unspecified atom stereocenters. The molecular weight excluding hydrogens is 1420 g/mol. The summed E-state index contributed by atoms with van der Waals surface area (Å²) in [7, 11) is 0. The Labute approximate surface area is 623 Å². The van der Waals surface area contributed by atoms with E-state index in [1.807, 2.05) is 6.92 Å². The standard InChI is InChI=1S/C28H34O13.C25H32O11.C21H32O9/c1-7-21(29)36-15-27(16-37-22(30)8-2,17-38-23(31)9-3)13-35-14-28(18-39-24(32)10-4,19-40-25(33)11-5)20-41-26(34)12-6;1-7-19(26)32-13-24(6,14-33-20(27)8-2)12-31-15-25(16-34-21(28)9-3,17-35-22(29)10-4)18-36-23(30)11-5;1-5-18(22)28-12-9-25-15-21(8-4,16-26-10-13-29-19(23)6-2)17-27-11-14-30-20(24)7-3/h7-12H,1-6,13-20H2;7-11H,1-5,12-18H2,6H3;5-7H,1-3,8-17H2,4H3/i;6D;. The third kappa shape index (κ3) is 49.2. The topological polar surface area (TPSA) is 414 Å². The molecule has 0 aromatic rings. The van der Waals surface area contributed by atoms with Crippen LogP contribution in [0.2, 0.25) is 0 Å². The highest BCUT2D eigenvalue weighted by Crippen LogP contribution is 2.29. The van der Waals surface area contributed by atoms with E-state index in [0.29, 0.717) is 6.42 Å². The largest absolute Gasteiger partial charge is 0.462 e. The van der Waals surface area contributed by atoms with Crippen LogP contribution in [0.1, 0.15) is 21.6 Å². The van der Waals surface area contributed by atoms with Crippen LogP contribution in [-0.4, -0.2) is 242 Å². The minimum atomic E-state index is -1.49. The maximum absolute atomic E-state index is 11.8. The minimum absolute atomic E-state index is 0.0986. The third-order valence-electron chi connectivity index (χ3n) is 13.1. The molecule has 0 rings (SSSR count). The first-order valence-corrected chi connectivity index (χ1v) is 31.7. The van der Waals surface area contributed by atoms with Crippen molar-refractivity contribution >= 4 is 83.6 Å². The molecule has 0 spiro atoms. The molecule has 107 heavy (non-hydrogen) atoms.